The normalized spacial score (nSPS) is 35.6. The van der Waals surface area contributed by atoms with Gasteiger partial charge in [0.1, 0.15) is 11.9 Å². The molecule has 184 valence electrons. The molecule has 1 saturated carbocycles. The van der Waals surface area contributed by atoms with Crippen LogP contribution in [0.15, 0.2) is 64.6 Å². The number of benzene rings is 1. The number of esters is 1. The Labute approximate surface area is 203 Å². The van der Waals surface area contributed by atoms with Gasteiger partial charge in [0.25, 0.3) is 0 Å². The van der Waals surface area contributed by atoms with E-state index in [4.69, 9.17) is 4.74 Å². The van der Waals surface area contributed by atoms with E-state index < -0.39 is 53.1 Å². The smallest absolute Gasteiger partial charge is 0.340 e. The van der Waals surface area contributed by atoms with Gasteiger partial charge in [0.15, 0.2) is 5.76 Å². The lowest BCUT2D eigenvalue weighted by atomic mass is 9.53. The van der Waals surface area contributed by atoms with Gasteiger partial charge >= 0.3 is 5.97 Å². The molecule has 0 radical (unpaired) electrons. The standard InChI is InChI=1S/C27H29NO7/c1-26-10-17(30)22-20(16(26)8-9-18(26)31)23(32)24(33)21-15(12-28-11-14-6-4-3-5-7-14)25(34)35-19(13-29)27(21,22)2/h3-7,12,16-17,19,28-30,33H,8-11,13H2,1-2H3/b15-12-. The summed E-state index contributed by atoms with van der Waals surface area (Å²) >= 11 is 0. The van der Waals surface area contributed by atoms with E-state index in [1.165, 1.54) is 6.20 Å². The largest absolute Gasteiger partial charge is 0.504 e. The molecule has 1 aromatic rings. The molecule has 8 nitrogen and oxygen atoms in total. The van der Waals surface area contributed by atoms with E-state index in [2.05, 4.69) is 5.32 Å². The van der Waals surface area contributed by atoms with Crippen LogP contribution in [-0.2, 0) is 25.7 Å². The molecule has 0 spiro atoms. The lowest BCUT2D eigenvalue weighted by Crippen LogP contribution is -2.56. The zero-order valence-corrected chi connectivity index (χ0v) is 19.7. The minimum Gasteiger partial charge on any atom is -0.504 e. The van der Waals surface area contributed by atoms with E-state index in [0.717, 1.165) is 5.56 Å². The van der Waals surface area contributed by atoms with Crippen LogP contribution in [0, 0.1) is 16.7 Å². The second-order valence-corrected chi connectivity index (χ2v) is 10.2. The number of fused-ring (bicyclic) bond motifs is 4. The number of aliphatic hydroxyl groups excluding tert-OH is 3. The number of rotatable bonds is 4. The maximum absolute atomic E-state index is 13.6. The summed E-state index contributed by atoms with van der Waals surface area (Å²) in [6, 6.07) is 9.48. The molecule has 5 atom stereocenters. The van der Waals surface area contributed by atoms with Gasteiger partial charge in [-0.3, -0.25) is 9.59 Å². The van der Waals surface area contributed by atoms with Crippen molar-refractivity contribution < 1.29 is 34.4 Å². The van der Waals surface area contributed by atoms with Crippen LogP contribution in [-0.4, -0.2) is 51.7 Å². The molecule has 0 aromatic heterocycles. The molecule has 4 N–H and O–H groups in total. The summed E-state index contributed by atoms with van der Waals surface area (Å²) in [5.74, 6) is -2.55. The lowest BCUT2D eigenvalue weighted by molar-refractivity contribution is -0.156. The molecule has 1 aromatic carbocycles. The van der Waals surface area contributed by atoms with E-state index in [1.54, 1.807) is 13.8 Å². The number of Topliss-reactive ketones (excluding diaryl/α,β-unsaturated/α-hetero) is 2. The van der Waals surface area contributed by atoms with Gasteiger partial charge in [0, 0.05) is 41.6 Å². The molecule has 1 heterocycles. The van der Waals surface area contributed by atoms with Crippen LogP contribution in [0.4, 0.5) is 0 Å². The Morgan fingerprint density at radius 2 is 1.89 bits per heavy atom. The highest BCUT2D eigenvalue weighted by molar-refractivity contribution is 6.13. The summed E-state index contributed by atoms with van der Waals surface area (Å²) in [5, 5.41) is 35.8. The van der Waals surface area contributed by atoms with Crippen LogP contribution in [0.3, 0.4) is 0 Å². The topological polar surface area (TPSA) is 133 Å². The molecule has 2 fully saturated rings. The molecular formula is C27H29NO7. The van der Waals surface area contributed by atoms with Crippen molar-refractivity contribution in [2.45, 2.75) is 51.9 Å². The van der Waals surface area contributed by atoms with Gasteiger partial charge < -0.3 is 25.4 Å². The van der Waals surface area contributed by atoms with E-state index >= 15 is 0 Å². The maximum atomic E-state index is 13.6. The monoisotopic (exact) mass is 479 g/mol. The third kappa shape index (κ3) is 3.23. The molecule has 4 aliphatic rings. The number of cyclic esters (lactones) is 1. The molecule has 5 rings (SSSR count). The first-order valence-corrected chi connectivity index (χ1v) is 11.9. The summed E-state index contributed by atoms with van der Waals surface area (Å²) in [7, 11) is 0. The first-order chi connectivity index (χ1) is 16.6. The Morgan fingerprint density at radius 1 is 1.17 bits per heavy atom. The minimum absolute atomic E-state index is 0.0141. The van der Waals surface area contributed by atoms with Crippen molar-refractivity contribution >= 4 is 17.5 Å². The van der Waals surface area contributed by atoms with Gasteiger partial charge in [-0.2, -0.15) is 0 Å². The molecular weight excluding hydrogens is 450 g/mol. The van der Waals surface area contributed by atoms with E-state index in [9.17, 15) is 29.7 Å². The number of ether oxygens (including phenoxy) is 1. The predicted molar refractivity (Wildman–Crippen MR) is 125 cm³/mol. The summed E-state index contributed by atoms with van der Waals surface area (Å²) in [6.45, 7) is 3.25. The quantitative estimate of drug-likeness (QED) is 0.381. The number of aliphatic hydroxyl groups is 3. The highest BCUT2D eigenvalue weighted by atomic mass is 16.6. The fourth-order valence-corrected chi connectivity index (χ4v) is 6.56. The molecule has 0 amide bonds. The van der Waals surface area contributed by atoms with Gasteiger partial charge in [0.05, 0.1) is 23.7 Å². The molecule has 1 aliphatic heterocycles. The molecule has 0 bridgehead atoms. The zero-order chi connectivity index (χ0) is 25.1. The van der Waals surface area contributed by atoms with E-state index in [0.29, 0.717) is 25.0 Å². The Bertz CT molecular complexity index is 1210. The third-order valence-electron chi connectivity index (χ3n) is 8.37. The van der Waals surface area contributed by atoms with Crippen LogP contribution in [0.5, 0.6) is 0 Å². The van der Waals surface area contributed by atoms with Crippen molar-refractivity contribution in [3.8, 4) is 0 Å². The fraction of sp³-hybridized carbons (Fsp3) is 0.444. The molecule has 8 heteroatoms. The average molecular weight is 480 g/mol. The Kier molecular flexibility index (Phi) is 5.49. The van der Waals surface area contributed by atoms with Crippen LogP contribution < -0.4 is 5.32 Å². The van der Waals surface area contributed by atoms with Gasteiger partial charge in [-0.25, -0.2) is 4.79 Å². The lowest BCUT2D eigenvalue weighted by Gasteiger charge is -2.52. The van der Waals surface area contributed by atoms with Gasteiger partial charge in [-0.05, 0) is 30.9 Å². The summed E-state index contributed by atoms with van der Waals surface area (Å²) < 4.78 is 5.60. The van der Waals surface area contributed by atoms with Crippen molar-refractivity contribution in [3.63, 3.8) is 0 Å². The maximum Gasteiger partial charge on any atom is 0.340 e. The summed E-state index contributed by atoms with van der Waals surface area (Å²) in [4.78, 5) is 39.2. The molecule has 35 heavy (non-hydrogen) atoms. The number of carbonyl (C=O) groups is 3. The van der Waals surface area contributed by atoms with Crippen LogP contribution in [0.25, 0.3) is 0 Å². The van der Waals surface area contributed by atoms with E-state index in [-0.39, 0.29) is 28.9 Å². The number of nitrogens with one attached hydrogen (secondary N) is 1. The minimum atomic E-state index is -1.34. The highest BCUT2D eigenvalue weighted by Crippen LogP contribution is 2.61. The van der Waals surface area contributed by atoms with Crippen LogP contribution >= 0.6 is 0 Å². The first kappa shape index (κ1) is 23.5. The van der Waals surface area contributed by atoms with Gasteiger partial charge in [-0.1, -0.05) is 37.3 Å². The number of allylic oxidation sites excluding steroid dienone is 1. The zero-order valence-electron chi connectivity index (χ0n) is 19.7. The van der Waals surface area contributed by atoms with E-state index in [1.807, 2.05) is 30.3 Å². The number of hydrogen-bond acceptors (Lipinski definition) is 8. The second-order valence-electron chi connectivity index (χ2n) is 10.2. The Morgan fingerprint density at radius 3 is 2.57 bits per heavy atom. The summed E-state index contributed by atoms with van der Waals surface area (Å²) in [5.41, 5.74) is -0.750. The Balaban J connectivity index is 1.63. The summed E-state index contributed by atoms with van der Waals surface area (Å²) in [6.07, 6.45) is -0.0228. The van der Waals surface area contributed by atoms with Crippen molar-refractivity contribution in [2.24, 2.45) is 16.7 Å². The predicted octanol–water partition coefficient (Wildman–Crippen LogP) is 2.03. The first-order valence-electron chi connectivity index (χ1n) is 11.9. The SMILES string of the molecule is CC12CC(O)C3=C(C(=O)C(O)=C4/C(=C/NCc5ccccc5)C(=O)OC(CO)C43C)C1CCC2=O. The van der Waals surface area contributed by atoms with Crippen molar-refractivity contribution in [2.75, 3.05) is 6.61 Å². The molecule has 1 saturated heterocycles. The second kappa shape index (κ2) is 8.17. The van der Waals surface area contributed by atoms with Crippen molar-refractivity contribution in [3.05, 3.63) is 70.1 Å². The Hall–Kier alpha value is -3.23. The van der Waals surface area contributed by atoms with Crippen LogP contribution in [0.1, 0.15) is 38.7 Å². The average Bonchev–Trinajstić information content (AvgIpc) is 3.12. The van der Waals surface area contributed by atoms with Crippen molar-refractivity contribution in [1.29, 1.82) is 0 Å². The van der Waals surface area contributed by atoms with Gasteiger partial charge in [0.2, 0.25) is 5.78 Å². The molecule has 3 aliphatic carbocycles. The third-order valence-corrected chi connectivity index (χ3v) is 8.37. The van der Waals surface area contributed by atoms with Crippen LogP contribution in [0.2, 0.25) is 0 Å². The van der Waals surface area contributed by atoms with Crippen molar-refractivity contribution in [1.82, 2.24) is 5.32 Å². The van der Waals surface area contributed by atoms with Gasteiger partial charge in [-0.15, -0.1) is 0 Å². The fourth-order valence-electron chi connectivity index (χ4n) is 6.56. The molecule has 5 unspecified atom stereocenters. The number of hydrogen-bond donors (Lipinski definition) is 4. The highest BCUT2D eigenvalue weighted by Gasteiger charge is 2.63. The number of carbonyl (C=O) groups excluding carboxylic acids is 3. The number of ketones is 2.